The fraction of sp³-hybridized carbons (Fsp3) is 0.957. The third-order valence-corrected chi connectivity index (χ3v) is 7.69. The maximum absolute atomic E-state index is 11.6. The van der Waals surface area contributed by atoms with Gasteiger partial charge >= 0.3 is 11.9 Å². The van der Waals surface area contributed by atoms with E-state index in [9.17, 15) is 9.59 Å². The van der Waals surface area contributed by atoms with Gasteiger partial charge in [0.15, 0.2) is 0 Å². The van der Waals surface area contributed by atoms with Gasteiger partial charge < -0.3 is 90.0 Å². The van der Waals surface area contributed by atoms with Gasteiger partial charge in [0, 0.05) is 0 Å². The SMILES string of the molecule is CC(C)(C)OC(=O)CCOCCOCCOCCOCCOCCOCCOCCOCCOCCOCCOCCOCCOCCOCCOCCOCCOCCC(=O)OC(C)(C)C. The van der Waals surface area contributed by atoms with E-state index in [4.69, 9.17) is 90.0 Å². The Balaban J connectivity index is 3.12. The molecule has 0 heterocycles. The zero-order valence-corrected chi connectivity index (χ0v) is 42.0. The minimum Gasteiger partial charge on any atom is -0.460 e. The van der Waals surface area contributed by atoms with Crippen LogP contribution in [0.2, 0.25) is 0 Å². The summed E-state index contributed by atoms with van der Waals surface area (Å²) in [6.45, 7) is 26.7. The van der Waals surface area contributed by atoms with Gasteiger partial charge in [-0.1, -0.05) is 0 Å². The van der Waals surface area contributed by atoms with Crippen LogP contribution in [0, 0.1) is 0 Å². The molecule has 0 fully saturated rings. The Kier molecular flexibility index (Phi) is 49.3. The van der Waals surface area contributed by atoms with Gasteiger partial charge in [0.1, 0.15) is 11.2 Å². The van der Waals surface area contributed by atoms with Gasteiger partial charge in [0.25, 0.3) is 0 Å². The summed E-state index contributed by atoms with van der Waals surface area (Å²) < 4.78 is 103. The van der Waals surface area contributed by atoms with Gasteiger partial charge in [-0.3, -0.25) is 9.59 Å². The number of hydrogen-bond donors (Lipinski definition) is 0. The van der Waals surface area contributed by atoms with Crippen molar-refractivity contribution in [1.29, 1.82) is 0 Å². The normalized spacial score (nSPS) is 12.0. The minimum absolute atomic E-state index is 0.225. The van der Waals surface area contributed by atoms with Crippen LogP contribution >= 0.6 is 0 Å². The second kappa shape index (κ2) is 50.6. The maximum atomic E-state index is 11.6. The lowest BCUT2D eigenvalue weighted by Gasteiger charge is -2.19. The standard InChI is InChI=1S/C46H90O21/c1-45(2,3)66-43(47)7-9-49-11-13-51-15-17-53-19-21-55-23-25-57-27-29-59-31-33-61-35-37-63-39-41-65-42-40-64-38-36-62-34-32-60-30-28-58-26-24-56-22-20-54-18-16-52-14-12-50-10-8-44(48)67-46(4,5)6/h7-42H2,1-6H3. The van der Waals surface area contributed by atoms with E-state index in [2.05, 4.69) is 0 Å². The Morgan fingerprint density at radius 3 is 0.418 bits per heavy atom. The molecule has 67 heavy (non-hydrogen) atoms. The third kappa shape index (κ3) is 60.3. The van der Waals surface area contributed by atoms with Crippen molar-refractivity contribution < 1.29 is 99.6 Å². The fourth-order valence-corrected chi connectivity index (χ4v) is 4.72. The second-order valence-electron chi connectivity index (χ2n) is 16.1. The number of carbonyl (C=O) groups is 2. The highest BCUT2D eigenvalue weighted by atomic mass is 16.6. The quantitative estimate of drug-likeness (QED) is 0.0634. The number of ether oxygens (including phenoxy) is 19. The number of esters is 2. The van der Waals surface area contributed by atoms with Crippen molar-refractivity contribution in [2.75, 3.05) is 225 Å². The minimum atomic E-state index is -0.482. The molecular weight excluding hydrogens is 888 g/mol. The van der Waals surface area contributed by atoms with Crippen LogP contribution in [-0.2, 0) is 99.6 Å². The molecule has 400 valence electrons. The first-order valence-corrected chi connectivity index (χ1v) is 23.7. The molecule has 0 bridgehead atoms. The molecule has 0 aliphatic rings. The summed E-state index contributed by atoms with van der Waals surface area (Å²) in [5.41, 5.74) is -0.963. The Bertz CT molecular complexity index is 951. The van der Waals surface area contributed by atoms with E-state index < -0.39 is 11.2 Å². The zero-order chi connectivity index (χ0) is 49.0. The molecule has 21 heteroatoms. The molecule has 0 aromatic carbocycles. The lowest BCUT2D eigenvalue weighted by atomic mass is 10.2. The van der Waals surface area contributed by atoms with Crippen molar-refractivity contribution in [1.82, 2.24) is 0 Å². The van der Waals surface area contributed by atoms with Gasteiger partial charge in [-0.25, -0.2) is 0 Å². The van der Waals surface area contributed by atoms with Crippen molar-refractivity contribution in [2.45, 2.75) is 65.6 Å². The molecule has 0 saturated carbocycles. The molecule has 0 radical (unpaired) electrons. The highest BCUT2D eigenvalue weighted by Gasteiger charge is 2.16. The molecule has 0 aliphatic heterocycles. The average molecular weight is 979 g/mol. The highest BCUT2D eigenvalue weighted by Crippen LogP contribution is 2.09. The molecule has 21 nitrogen and oxygen atoms in total. The average Bonchev–Trinajstić information content (AvgIpc) is 3.26. The van der Waals surface area contributed by atoms with Crippen molar-refractivity contribution in [3.05, 3.63) is 0 Å². The van der Waals surface area contributed by atoms with Gasteiger partial charge in [0.2, 0.25) is 0 Å². The van der Waals surface area contributed by atoms with Crippen LogP contribution < -0.4 is 0 Å². The molecule has 0 amide bonds. The molecule has 0 aromatic rings. The summed E-state index contributed by atoms with van der Waals surface area (Å²) in [4.78, 5) is 23.2. The smallest absolute Gasteiger partial charge is 0.308 e. The topological polar surface area (TPSA) is 210 Å². The summed E-state index contributed by atoms with van der Waals surface area (Å²) in [7, 11) is 0. The lowest BCUT2D eigenvalue weighted by Crippen LogP contribution is -2.24. The molecule has 0 spiro atoms. The Morgan fingerprint density at radius 1 is 0.209 bits per heavy atom. The van der Waals surface area contributed by atoms with Gasteiger partial charge in [0.05, 0.1) is 237 Å². The van der Waals surface area contributed by atoms with E-state index in [1.54, 1.807) is 0 Å². The summed E-state index contributed by atoms with van der Waals surface area (Å²) in [6, 6.07) is 0. The van der Waals surface area contributed by atoms with Crippen LogP contribution in [0.15, 0.2) is 0 Å². The third-order valence-electron chi connectivity index (χ3n) is 7.69. The number of hydrogen-bond acceptors (Lipinski definition) is 21. The van der Waals surface area contributed by atoms with Crippen LogP contribution in [0.1, 0.15) is 54.4 Å². The van der Waals surface area contributed by atoms with Crippen LogP contribution in [0.5, 0.6) is 0 Å². The predicted molar refractivity (Wildman–Crippen MR) is 245 cm³/mol. The van der Waals surface area contributed by atoms with Crippen molar-refractivity contribution in [3.8, 4) is 0 Å². The monoisotopic (exact) mass is 979 g/mol. The van der Waals surface area contributed by atoms with E-state index in [1.807, 2.05) is 41.5 Å². The Morgan fingerprint density at radius 2 is 0.313 bits per heavy atom. The molecule has 0 aliphatic carbocycles. The summed E-state index contributed by atoms with van der Waals surface area (Å²) >= 11 is 0. The van der Waals surface area contributed by atoms with Crippen LogP contribution in [0.3, 0.4) is 0 Å². The van der Waals surface area contributed by atoms with E-state index >= 15 is 0 Å². The summed E-state index contributed by atoms with van der Waals surface area (Å²) in [5, 5.41) is 0. The maximum Gasteiger partial charge on any atom is 0.308 e. The van der Waals surface area contributed by atoms with E-state index in [-0.39, 0.29) is 24.8 Å². The zero-order valence-electron chi connectivity index (χ0n) is 42.0. The molecule has 0 unspecified atom stereocenters. The van der Waals surface area contributed by atoms with Gasteiger partial charge in [-0.15, -0.1) is 0 Å². The van der Waals surface area contributed by atoms with Crippen LogP contribution in [-0.4, -0.2) is 248 Å². The first-order valence-electron chi connectivity index (χ1n) is 23.7. The molecule has 0 atom stereocenters. The fourth-order valence-electron chi connectivity index (χ4n) is 4.72. The first-order chi connectivity index (χ1) is 32.5. The first kappa shape index (κ1) is 65.3. The lowest BCUT2D eigenvalue weighted by molar-refractivity contribution is -0.157. The van der Waals surface area contributed by atoms with E-state index in [0.717, 1.165) is 0 Å². The van der Waals surface area contributed by atoms with Gasteiger partial charge in [-0.2, -0.15) is 0 Å². The van der Waals surface area contributed by atoms with Crippen LogP contribution in [0.25, 0.3) is 0 Å². The van der Waals surface area contributed by atoms with Crippen LogP contribution in [0.4, 0.5) is 0 Å². The van der Waals surface area contributed by atoms with E-state index in [0.29, 0.717) is 225 Å². The molecule has 0 saturated heterocycles. The Hall–Kier alpha value is -1.74. The summed E-state index contributed by atoms with van der Waals surface area (Å²) in [6.07, 6.45) is 0.450. The van der Waals surface area contributed by atoms with Crippen molar-refractivity contribution in [2.24, 2.45) is 0 Å². The number of carbonyl (C=O) groups excluding carboxylic acids is 2. The highest BCUT2D eigenvalue weighted by molar-refractivity contribution is 5.70. The summed E-state index contributed by atoms with van der Waals surface area (Å²) in [5.74, 6) is -0.540. The molecule has 0 aromatic heterocycles. The van der Waals surface area contributed by atoms with Crippen molar-refractivity contribution in [3.63, 3.8) is 0 Å². The predicted octanol–water partition coefficient (Wildman–Crippen LogP) is 2.73. The number of rotatable bonds is 54. The molecule has 0 rings (SSSR count). The van der Waals surface area contributed by atoms with Crippen molar-refractivity contribution >= 4 is 11.9 Å². The molecule has 0 N–H and O–H groups in total. The largest absolute Gasteiger partial charge is 0.460 e. The second-order valence-corrected chi connectivity index (χ2v) is 16.1. The van der Waals surface area contributed by atoms with Gasteiger partial charge in [-0.05, 0) is 41.5 Å². The molecular formula is C46H90O21. The van der Waals surface area contributed by atoms with E-state index in [1.165, 1.54) is 0 Å². The Labute approximate surface area is 401 Å².